The molecule has 0 aromatic heterocycles. The molecule has 0 aliphatic heterocycles. The summed E-state index contributed by atoms with van der Waals surface area (Å²) in [5.41, 5.74) is 0. The molecule has 0 saturated heterocycles. The van der Waals surface area contributed by atoms with Crippen LogP contribution in [0.25, 0.3) is 0 Å². The van der Waals surface area contributed by atoms with E-state index in [1.807, 2.05) is 6.92 Å². The lowest BCUT2D eigenvalue weighted by Crippen LogP contribution is -2.21. The van der Waals surface area contributed by atoms with Gasteiger partial charge in [-0.25, -0.2) is 0 Å². The SMILES string of the molecule is CCN(CC)CC.CCOC. The van der Waals surface area contributed by atoms with Gasteiger partial charge in [0.2, 0.25) is 0 Å². The second-order valence-electron chi connectivity index (χ2n) is 2.20. The molecule has 0 aromatic carbocycles. The van der Waals surface area contributed by atoms with E-state index < -0.39 is 0 Å². The van der Waals surface area contributed by atoms with Gasteiger partial charge in [-0.1, -0.05) is 20.8 Å². The fraction of sp³-hybridized carbons (Fsp3) is 1.00. The Morgan fingerprint density at radius 3 is 1.18 bits per heavy atom. The van der Waals surface area contributed by atoms with Crippen molar-refractivity contribution in [2.75, 3.05) is 33.4 Å². The van der Waals surface area contributed by atoms with Crippen LogP contribution in [0.4, 0.5) is 0 Å². The molecule has 0 heterocycles. The summed E-state index contributed by atoms with van der Waals surface area (Å²) in [6, 6.07) is 0. The summed E-state index contributed by atoms with van der Waals surface area (Å²) in [7, 11) is 1.68. The van der Waals surface area contributed by atoms with Gasteiger partial charge in [-0.15, -0.1) is 0 Å². The van der Waals surface area contributed by atoms with Crippen molar-refractivity contribution in [1.82, 2.24) is 4.90 Å². The van der Waals surface area contributed by atoms with Crippen LogP contribution in [0, 0.1) is 0 Å². The molecule has 0 aliphatic carbocycles. The average molecular weight is 161 g/mol. The fourth-order valence-corrected chi connectivity index (χ4v) is 0.671. The van der Waals surface area contributed by atoms with Crippen molar-refractivity contribution in [1.29, 1.82) is 0 Å². The molecular formula is C9H23NO. The Kier molecular flexibility index (Phi) is 15.4. The Balaban J connectivity index is 0. The molecule has 0 rings (SSSR count). The number of hydrogen-bond acceptors (Lipinski definition) is 2. The summed E-state index contributed by atoms with van der Waals surface area (Å²) in [4.78, 5) is 2.38. The van der Waals surface area contributed by atoms with Gasteiger partial charge in [-0.05, 0) is 26.6 Å². The maximum atomic E-state index is 4.54. The lowest BCUT2D eigenvalue weighted by Gasteiger charge is -2.13. The molecule has 0 amide bonds. The largest absolute Gasteiger partial charge is 0.385 e. The van der Waals surface area contributed by atoms with Crippen LogP contribution in [0.1, 0.15) is 27.7 Å². The molecule has 0 aromatic rings. The van der Waals surface area contributed by atoms with Crippen LogP contribution in [0.5, 0.6) is 0 Å². The minimum Gasteiger partial charge on any atom is -0.385 e. The molecule has 0 atom stereocenters. The highest BCUT2D eigenvalue weighted by molar-refractivity contribution is 4.43. The maximum absolute atomic E-state index is 4.54. The molecule has 11 heavy (non-hydrogen) atoms. The lowest BCUT2D eigenvalue weighted by atomic mass is 10.5. The normalized spacial score (nSPS) is 9.27. The zero-order chi connectivity index (χ0) is 9.11. The fourth-order valence-electron chi connectivity index (χ4n) is 0.671. The average Bonchev–Trinajstić information content (AvgIpc) is 2.08. The van der Waals surface area contributed by atoms with Crippen molar-refractivity contribution in [3.05, 3.63) is 0 Å². The number of hydrogen-bond donors (Lipinski definition) is 0. The molecule has 0 saturated carbocycles. The van der Waals surface area contributed by atoms with Crippen molar-refractivity contribution in [3.63, 3.8) is 0 Å². The Labute approximate surface area is 71.5 Å². The number of methoxy groups -OCH3 is 1. The highest BCUT2D eigenvalue weighted by atomic mass is 16.5. The van der Waals surface area contributed by atoms with E-state index >= 15 is 0 Å². The van der Waals surface area contributed by atoms with Crippen LogP contribution in [0.2, 0.25) is 0 Å². The topological polar surface area (TPSA) is 12.5 Å². The predicted octanol–water partition coefficient (Wildman–Crippen LogP) is 2.00. The molecular weight excluding hydrogens is 138 g/mol. The van der Waals surface area contributed by atoms with E-state index in [-0.39, 0.29) is 0 Å². The van der Waals surface area contributed by atoms with Crippen LogP contribution in [0.3, 0.4) is 0 Å². The molecule has 2 heteroatoms. The minimum absolute atomic E-state index is 0.819. The predicted molar refractivity (Wildman–Crippen MR) is 51.0 cm³/mol. The Morgan fingerprint density at radius 1 is 0.909 bits per heavy atom. The number of ether oxygens (including phenoxy) is 1. The van der Waals surface area contributed by atoms with Gasteiger partial charge in [-0.2, -0.15) is 0 Å². The first kappa shape index (κ1) is 13.5. The quantitative estimate of drug-likeness (QED) is 0.625. The van der Waals surface area contributed by atoms with Crippen molar-refractivity contribution < 1.29 is 4.74 Å². The van der Waals surface area contributed by atoms with Gasteiger partial charge in [0.25, 0.3) is 0 Å². The summed E-state index contributed by atoms with van der Waals surface area (Å²) in [6.45, 7) is 12.9. The highest BCUT2D eigenvalue weighted by Crippen LogP contribution is 1.81. The summed E-state index contributed by atoms with van der Waals surface area (Å²) < 4.78 is 4.54. The Bertz CT molecular complexity index is 46.0. The smallest absolute Gasteiger partial charge is 0.0433 e. The minimum atomic E-state index is 0.819. The molecule has 0 spiro atoms. The highest BCUT2D eigenvalue weighted by Gasteiger charge is 1.89. The van der Waals surface area contributed by atoms with E-state index in [1.165, 1.54) is 19.6 Å². The first-order valence-corrected chi connectivity index (χ1v) is 4.47. The zero-order valence-electron chi connectivity index (χ0n) is 8.68. The Hall–Kier alpha value is -0.0800. The third kappa shape index (κ3) is 13.0. The molecule has 0 aliphatic rings. The van der Waals surface area contributed by atoms with Crippen molar-refractivity contribution in [2.24, 2.45) is 0 Å². The van der Waals surface area contributed by atoms with Crippen LogP contribution in [0.15, 0.2) is 0 Å². The van der Waals surface area contributed by atoms with Crippen LogP contribution in [-0.2, 0) is 4.74 Å². The second kappa shape index (κ2) is 12.6. The molecule has 0 unspecified atom stereocenters. The van der Waals surface area contributed by atoms with Gasteiger partial charge in [0.1, 0.15) is 0 Å². The maximum Gasteiger partial charge on any atom is 0.0433 e. The van der Waals surface area contributed by atoms with Gasteiger partial charge in [0.05, 0.1) is 0 Å². The van der Waals surface area contributed by atoms with Crippen molar-refractivity contribution in [2.45, 2.75) is 27.7 Å². The van der Waals surface area contributed by atoms with E-state index in [2.05, 4.69) is 30.4 Å². The lowest BCUT2D eigenvalue weighted by molar-refractivity contribution is 0.215. The number of nitrogens with zero attached hydrogens (tertiary/aromatic N) is 1. The summed E-state index contributed by atoms with van der Waals surface area (Å²) in [5.74, 6) is 0. The standard InChI is InChI=1S/C6H15N.C3H8O/c1-4-7(5-2)6-3;1-3-4-2/h4-6H2,1-3H3;3H2,1-2H3. The van der Waals surface area contributed by atoms with E-state index in [0.29, 0.717) is 0 Å². The molecule has 0 radical (unpaired) electrons. The van der Waals surface area contributed by atoms with E-state index in [0.717, 1.165) is 6.61 Å². The molecule has 0 bridgehead atoms. The van der Waals surface area contributed by atoms with Crippen molar-refractivity contribution >= 4 is 0 Å². The third-order valence-corrected chi connectivity index (χ3v) is 1.63. The second-order valence-corrected chi connectivity index (χ2v) is 2.20. The van der Waals surface area contributed by atoms with Gasteiger partial charge in [0.15, 0.2) is 0 Å². The van der Waals surface area contributed by atoms with Crippen LogP contribution >= 0.6 is 0 Å². The molecule has 70 valence electrons. The monoisotopic (exact) mass is 161 g/mol. The summed E-state index contributed by atoms with van der Waals surface area (Å²) in [5, 5.41) is 0. The van der Waals surface area contributed by atoms with Gasteiger partial charge in [0, 0.05) is 13.7 Å². The molecule has 0 fully saturated rings. The summed E-state index contributed by atoms with van der Waals surface area (Å²) >= 11 is 0. The van der Waals surface area contributed by atoms with Crippen LogP contribution in [-0.4, -0.2) is 38.3 Å². The third-order valence-electron chi connectivity index (χ3n) is 1.63. The van der Waals surface area contributed by atoms with E-state index in [1.54, 1.807) is 7.11 Å². The number of rotatable bonds is 4. The van der Waals surface area contributed by atoms with Gasteiger partial charge in [-0.3, -0.25) is 0 Å². The van der Waals surface area contributed by atoms with Crippen LogP contribution < -0.4 is 0 Å². The Morgan fingerprint density at radius 2 is 1.18 bits per heavy atom. The first-order valence-electron chi connectivity index (χ1n) is 4.47. The van der Waals surface area contributed by atoms with E-state index in [4.69, 9.17) is 0 Å². The zero-order valence-corrected chi connectivity index (χ0v) is 8.68. The first-order chi connectivity index (χ1) is 5.26. The summed E-state index contributed by atoms with van der Waals surface area (Å²) in [6.07, 6.45) is 0. The van der Waals surface area contributed by atoms with Gasteiger partial charge >= 0.3 is 0 Å². The van der Waals surface area contributed by atoms with Gasteiger partial charge < -0.3 is 9.64 Å². The molecule has 2 nitrogen and oxygen atoms in total. The molecule has 0 N–H and O–H groups in total. The van der Waals surface area contributed by atoms with Crippen molar-refractivity contribution in [3.8, 4) is 0 Å². The van der Waals surface area contributed by atoms with E-state index in [9.17, 15) is 0 Å².